The van der Waals surface area contributed by atoms with Crippen molar-refractivity contribution in [1.29, 1.82) is 0 Å². The van der Waals surface area contributed by atoms with Gasteiger partial charge in [-0.3, -0.25) is 4.79 Å². The lowest BCUT2D eigenvalue weighted by molar-refractivity contribution is 0.102. The van der Waals surface area contributed by atoms with Crippen LogP contribution in [-0.4, -0.2) is 44.8 Å². The number of anilines is 2. The van der Waals surface area contributed by atoms with Crippen LogP contribution in [0.2, 0.25) is 0 Å². The zero-order valence-corrected chi connectivity index (χ0v) is 20.4. The maximum absolute atomic E-state index is 14.6. The zero-order chi connectivity index (χ0) is 25.2. The number of nitrogens with zero attached hydrogens (tertiary/aromatic N) is 2. The summed E-state index contributed by atoms with van der Waals surface area (Å²) in [5, 5.41) is 2.73. The molecule has 6 nitrogen and oxygen atoms in total. The molecule has 1 aliphatic rings. The van der Waals surface area contributed by atoms with Crippen LogP contribution in [0, 0.1) is 11.6 Å². The van der Waals surface area contributed by atoms with Crippen molar-refractivity contribution in [2.45, 2.75) is 24.7 Å². The summed E-state index contributed by atoms with van der Waals surface area (Å²) < 4.78 is 55.4. The SMILES string of the molecule is CC(C)c1ccc(NC(=O)c2ccc(F)c(S(=O)(=O)N3CCN(c4ccc(F)cc4)CC3)c2)cc1. The van der Waals surface area contributed by atoms with Crippen LogP contribution < -0.4 is 10.2 Å². The van der Waals surface area contributed by atoms with Gasteiger partial charge in [0.25, 0.3) is 5.91 Å². The Morgan fingerprint density at radius 3 is 2.11 bits per heavy atom. The van der Waals surface area contributed by atoms with Gasteiger partial charge in [0, 0.05) is 43.1 Å². The summed E-state index contributed by atoms with van der Waals surface area (Å²) >= 11 is 0. The molecule has 1 saturated heterocycles. The van der Waals surface area contributed by atoms with E-state index in [9.17, 15) is 22.0 Å². The molecule has 3 aromatic carbocycles. The smallest absolute Gasteiger partial charge is 0.255 e. The fourth-order valence-electron chi connectivity index (χ4n) is 3.97. The second-order valence-electron chi connectivity index (χ2n) is 8.74. The third kappa shape index (κ3) is 5.52. The zero-order valence-electron chi connectivity index (χ0n) is 19.5. The number of halogens is 2. The summed E-state index contributed by atoms with van der Waals surface area (Å²) in [4.78, 5) is 14.2. The van der Waals surface area contributed by atoms with Gasteiger partial charge in [0.2, 0.25) is 10.0 Å². The standard InChI is InChI=1S/C26H27F2N3O3S/c1-18(2)19-3-8-22(9-4-19)29-26(32)20-5-12-24(28)25(17-20)35(33,34)31-15-13-30(14-16-31)23-10-6-21(27)7-11-23/h3-12,17-18H,13-16H2,1-2H3,(H,29,32). The van der Waals surface area contributed by atoms with E-state index in [1.165, 1.54) is 22.5 Å². The quantitative estimate of drug-likeness (QED) is 0.526. The first-order valence-electron chi connectivity index (χ1n) is 11.4. The van der Waals surface area contributed by atoms with Gasteiger partial charge in [0.05, 0.1) is 0 Å². The first kappa shape index (κ1) is 24.8. The molecule has 35 heavy (non-hydrogen) atoms. The number of amides is 1. The van der Waals surface area contributed by atoms with Gasteiger partial charge in [-0.1, -0.05) is 26.0 Å². The Hall–Kier alpha value is -3.30. The molecule has 3 aromatic rings. The molecule has 0 radical (unpaired) electrons. The Morgan fingerprint density at radius 1 is 0.886 bits per heavy atom. The summed E-state index contributed by atoms with van der Waals surface area (Å²) in [5.41, 5.74) is 2.51. The van der Waals surface area contributed by atoms with E-state index in [2.05, 4.69) is 19.2 Å². The predicted octanol–water partition coefficient (Wildman–Crippen LogP) is 4.85. The molecular formula is C26H27F2N3O3S. The first-order chi connectivity index (χ1) is 16.6. The number of carbonyl (C=O) groups excluding carboxylic acids is 1. The van der Waals surface area contributed by atoms with E-state index in [1.54, 1.807) is 24.3 Å². The average Bonchev–Trinajstić information content (AvgIpc) is 2.85. The van der Waals surface area contributed by atoms with Gasteiger partial charge < -0.3 is 10.2 Å². The molecule has 0 aromatic heterocycles. The molecule has 4 rings (SSSR count). The second kappa shape index (κ2) is 10.1. The summed E-state index contributed by atoms with van der Waals surface area (Å²) in [6, 6.07) is 16.7. The molecule has 0 unspecified atom stereocenters. The van der Waals surface area contributed by atoms with Gasteiger partial charge in [-0.15, -0.1) is 0 Å². The van der Waals surface area contributed by atoms with Crippen LogP contribution in [0.1, 0.15) is 35.7 Å². The van der Waals surface area contributed by atoms with Crippen LogP contribution in [0.5, 0.6) is 0 Å². The van der Waals surface area contributed by atoms with E-state index in [-0.39, 0.29) is 24.5 Å². The molecule has 0 bridgehead atoms. The number of piperazine rings is 1. The van der Waals surface area contributed by atoms with Gasteiger partial charge >= 0.3 is 0 Å². The summed E-state index contributed by atoms with van der Waals surface area (Å²) in [5.74, 6) is -1.44. The van der Waals surface area contributed by atoms with Crippen molar-refractivity contribution in [1.82, 2.24) is 4.31 Å². The first-order valence-corrected chi connectivity index (χ1v) is 12.8. The summed E-state index contributed by atoms with van der Waals surface area (Å²) in [6.45, 7) is 5.15. The minimum absolute atomic E-state index is 0.0443. The topological polar surface area (TPSA) is 69.7 Å². The molecule has 0 saturated carbocycles. The van der Waals surface area contributed by atoms with Crippen molar-refractivity contribution in [3.63, 3.8) is 0 Å². The molecule has 9 heteroatoms. The highest BCUT2D eigenvalue weighted by Crippen LogP contribution is 2.25. The number of sulfonamides is 1. The van der Waals surface area contributed by atoms with E-state index in [0.717, 1.165) is 23.4 Å². The number of hydrogen-bond acceptors (Lipinski definition) is 4. The van der Waals surface area contributed by atoms with Gasteiger partial charge in [-0.05, 0) is 66.1 Å². The van der Waals surface area contributed by atoms with Gasteiger partial charge in [-0.25, -0.2) is 17.2 Å². The van der Waals surface area contributed by atoms with Gasteiger partial charge in [0.15, 0.2) is 0 Å². The largest absolute Gasteiger partial charge is 0.369 e. The number of benzene rings is 3. The third-order valence-corrected chi connectivity index (χ3v) is 7.99. The predicted molar refractivity (Wildman–Crippen MR) is 132 cm³/mol. The van der Waals surface area contributed by atoms with Crippen LogP contribution >= 0.6 is 0 Å². The lowest BCUT2D eigenvalue weighted by atomic mass is 10.0. The van der Waals surface area contributed by atoms with Crippen LogP contribution in [0.4, 0.5) is 20.2 Å². The molecule has 1 fully saturated rings. The second-order valence-corrected chi connectivity index (χ2v) is 10.6. The molecule has 184 valence electrons. The molecule has 1 heterocycles. The normalized spacial score (nSPS) is 14.8. The van der Waals surface area contributed by atoms with Gasteiger partial charge in [-0.2, -0.15) is 4.31 Å². The van der Waals surface area contributed by atoms with Crippen molar-refractivity contribution in [3.05, 3.63) is 89.5 Å². The summed E-state index contributed by atoms with van der Waals surface area (Å²) in [6.07, 6.45) is 0. The van der Waals surface area contributed by atoms with E-state index >= 15 is 0 Å². The van der Waals surface area contributed by atoms with Crippen LogP contribution in [0.3, 0.4) is 0 Å². The fourth-order valence-corrected chi connectivity index (χ4v) is 5.49. The Labute approximate surface area is 204 Å². The molecule has 0 spiro atoms. The maximum Gasteiger partial charge on any atom is 0.255 e. The van der Waals surface area contributed by atoms with Crippen molar-refractivity contribution in [2.75, 3.05) is 36.4 Å². The Kier molecular flexibility index (Phi) is 7.18. The summed E-state index contributed by atoms with van der Waals surface area (Å²) in [7, 11) is -4.16. The van der Waals surface area contributed by atoms with Crippen molar-refractivity contribution in [2.24, 2.45) is 0 Å². The molecule has 0 atom stereocenters. The third-order valence-electron chi connectivity index (χ3n) is 6.08. The van der Waals surface area contributed by atoms with Crippen molar-refractivity contribution < 1.29 is 22.0 Å². The van der Waals surface area contributed by atoms with Crippen LogP contribution in [0.25, 0.3) is 0 Å². The minimum Gasteiger partial charge on any atom is -0.369 e. The van der Waals surface area contributed by atoms with Crippen molar-refractivity contribution >= 4 is 27.3 Å². The molecule has 1 amide bonds. The lowest BCUT2D eigenvalue weighted by Gasteiger charge is -2.35. The highest BCUT2D eigenvalue weighted by molar-refractivity contribution is 7.89. The Bertz CT molecular complexity index is 1300. The Balaban J connectivity index is 1.48. The number of rotatable bonds is 6. The fraction of sp³-hybridized carbons (Fsp3) is 0.269. The highest BCUT2D eigenvalue weighted by atomic mass is 32.2. The number of nitrogens with one attached hydrogen (secondary N) is 1. The minimum atomic E-state index is -4.16. The maximum atomic E-state index is 14.6. The van der Waals surface area contributed by atoms with E-state index in [4.69, 9.17) is 0 Å². The molecule has 0 aliphatic carbocycles. The highest BCUT2D eigenvalue weighted by Gasteiger charge is 2.31. The van der Waals surface area contributed by atoms with E-state index in [1.807, 2.05) is 17.0 Å². The number of carbonyl (C=O) groups is 1. The lowest BCUT2D eigenvalue weighted by Crippen LogP contribution is -2.48. The van der Waals surface area contributed by atoms with E-state index in [0.29, 0.717) is 24.7 Å². The van der Waals surface area contributed by atoms with Crippen LogP contribution in [0.15, 0.2) is 71.6 Å². The van der Waals surface area contributed by atoms with E-state index < -0.39 is 26.6 Å². The van der Waals surface area contributed by atoms with Crippen molar-refractivity contribution in [3.8, 4) is 0 Å². The Morgan fingerprint density at radius 2 is 1.51 bits per heavy atom. The van der Waals surface area contributed by atoms with Gasteiger partial charge in [0.1, 0.15) is 16.5 Å². The van der Waals surface area contributed by atoms with Crippen LogP contribution in [-0.2, 0) is 10.0 Å². The molecular weight excluding hydrogens is 472 g/mol. The average molecular weight is 500 g/mol. The monoisotopic (exact) mass is 499 g/mol. The molecule has 1 N–H and O–H groups in total. The number of hydrogen-bond donors (Lipinski definition) is 1. The molecule has 1 aliphatic heterocycles.